The molecule has 0 aliphatic carbocycles. The van der Waals surface area contributed by atoms with Gasteiger partial charge in [-0.1, -0.05) is 15.9 Å². The summed E-state index contributed by atoms with van der Waals surface area (Å²) < 4.78 is 18.9. The van der Waals surface area contributed by atoms with Crippen molar-refractivity contribution in [2.45, 2.75) is 13.1 Å². The predicted molar refractivity (Wildman–Crippen MR) is 63.0 cm³/mol. The van der Waals surface area contributed by atoms with Gasteiger partial charge in [-0.3, -0.25) is 0 Å². The lowest BCUT2D eigenvalue weighted by Gasteiger charge is -2.11. The third kappa shape index (κ3) is 4.57. The van der Waals surface area contributed by atoms with Gasteiger partial charge in [-0.05, 0) is 37.4 Å². The molecule has 0 radical (unpaired) electrons. The average molecular weight is 291 g/mol. The minimum atomic E-state index is -2.82. The summed E-state index contributed by atoms with van der Waals surface area (Å²) in [5.41, 5.74) is 0.441. The Bertz CT molecular complexity index is 345. The maximum Gasteiger partial charge on any atom is 0.337 e. The van der Waals surface area contributed by atoms with Crippen molar-refractivity contribution in [2.24, 2.45) is 0 Å². The molecule has 82 valence electrons. The number of carbonyl (C=O) groups excluding carboxylic acids is 1. The molecule has 2 nitrogen and oxygen atoms in total. The van der Waals surface area contributed by atoms with E-state index in [1.807, 2.05) is 0 Å². The molecule has 0 heterocycles. The molecule has 0 saturated carbocycles. The Morgan fingerprint density at radius 1 is 1.40 bits per heavy atom. The van der Waals surface area contributed by atoms with Crippen LogP contribution in [0.5, 0.6) is 0 Å². The summed E-state index contributed by atoms with van der Waals surface area (Å²) in [6, 6.07) is 6.77. The first-order valence-corrected chi connectivity index (χ1v) is 8.38. The summed E-state index contributed by atoms with van der Waals surface area (Å²) in [5, 5.41) is 0. The van der Waals surface area contributed by atoms with Crippen molar-refractivity contribution in [1.29, 1.82) is 0 Å². The number of halogens is 2. The monoisotopic (exact) mass is 290 g/mol. The largest absolute Gasteiger partial charge is 0.462 e. The molecule has 0 aromatic heterocycles. The SMILES string of the molecule is C[Si](C)(F)COC(=O)c1ccc(Br)cc1. The summed E-state index contributed by atoms with van der Waals surface area (Å²) in [4.78, 5) is 11.4. The summed E-state index contributed by atoms with van der Waals surface area (Å²) >= 11 is 3.26. The highest BCUT2D eigenvalue weighted by Gasteiger charge is 2.23. The van der Waals surface area contributed by atoms with Crippen LogP contribution >= 0.6 is 15.9 Å². The normalized spacial score (nSPS) is 11.2. The molecule has 1 rings (SSSR count). The second-order valence-electron chi connectivity index (χ2n) is 3.80. The van der Waals surface area contributed by atoms with Crippen LogP contribution in [0.3, 0.4) is 0 Å². The summed E-state index contributed by atoms with van der Waals surface area (Å²) in [6.45, 7) is 3.00. The van der Waals surface area contributed by atoms with Gasteiger partial charge in [0.05, 0.1) is 5.56 Å². The molecular formula is C10H12BrFO2Si. The smallest absolute Gasteiger partial charge is 0.337 e. The van der Waals surface area contributed by atoms with Gasteiger partial charge in [0.2, 0.25) is 0 Å². The van der Waals surface area contributed by atoms with Crippen LogP contribution in [0.4, 0.5) is 4.11 Å². The number of rotatable bonds is 3. The highest BCUT2D eigenvalue weighted by molar-refractivity contribution is 9.10. The van der Waals surface area contributed by atoms with Crippen LogP contribution in [0.25, 0.3) is 0 Å². The van der Waals surface area contributed by atoms with Crippen molar-refractivity contribution in [1.82, 2.24) is 0 Å². The Morgan fingerprint density at radius 2 is 1.93 bits per heavy atom. The Labute approximate surface area is 97.8 Å². The third-order valence-electron chi connectivity index (χ3n) is 1.63. The minimum Gasteiger partial charge on any atom is -0.462 e. The molecule has 0 saturated heterocycles. The van der Waals surface area contributed by atoms with Crippen LogP contribution in [0, 0.1) is 0 Å². The van der Waals surface area contributed by atoms with Crippen LogP contribution in [-0.4, -0.2) is 20.6 Å². The van der Waals surface area contributed by atoms with Gasteiger partial charge in [0.25, 0.3) is 8.41 Å². The van der Waals surface area contributed by atoms with Crippen LogP contribution in [0.2, 0.25) is 13.1 Å². The molecule has 0 N–H and O–H groups in total. The number of hydrogen-bond donors (Lipinski definition) is 0. The number of ether oxygens (including phenoxy) is 1. The predicted octanol–water partition coefficient (Wildman–Crippen LogP) is 3.32. The van der Waals surface area contributed by atoms with E-state index in [0.29, 0.717) is 5.56 Å². The Balaban J connectivity index is 2.58. The molecular weight excluding hydrogens is 279 g/mol. The van der Waals surface area contributed by atoms with E-state index in [9.17, 15) is 8.90 Å². The lowest BCUT2D eigenvalue weighted by Crippen LogP contribution is -2.28. The van der Waals surface area contributed by atoms with Crippen molar-refractivity contribution in [2.75, 3.05) is 6.23 Å². The van der Waals surface area contributed by atoms with Gasteiger partial charge in [0.1, 0.15) is 6.23 Å². The first kappa shape index (κ1) is 12.4. The lowest BCUT2D eigenvalue weighted by atomic mass is 10.2. The summed E-state index contributed by atoms with van der Waals surface area (Å²) in [5.74, 6) is -0.472. The average Bonchev–Trinajstić information content (AvgIpc) is 2.14. The Morgan fingerprint density at radius 3 is 2.40 bits per heavy atom. The minimum absolute atomic E-state index is 0.0953. The van der Waals surface area contributed by atoms with Gasteiger partial charge >= 0.3 is 5.97 Å². The van der Waals surface area contributed by atoms with E-state index < -0.39 is 14.4 Å². The number of benzene rings is 1. The molecule has 0 aliphatic rings. The summed E-state index contributed by atoms with van der Waals surface area (Å²) in [7, 11) is -2.82. The number of hydrogen-bond acceptors (Lipinski definition) is 2. The lowest BCUT2D eigenvalue weighted by molar-refractivity contribution is 0.0559. The number of esters is 1. The van der Waals surface area contributed by atoms with Crippen LogP contribution < -0.4 is 0 Å². The van der Waals surface area contributed by atoms with Crippen molar-refractivity contribution in [3.63, 3.8) is 0 Å². The van der Waals surface area contributed by atoms with Crippen LogP contribution in [0.1, 0.15) is 10.4 Å². The molecule has 1 aromatic rings. The standard InChI is InChI=1S/C10H12BrFO2Si/c1-15(2,12)7-14-10(13)8-3-5-9(11)6-4-8/h3-6H,7H2,1-2H3. The zero-order chi connectivity index (χ0) is 11.5. The topological polar surface area (TPSA) is 26.3 Å². The van der Waals surface area contributed by atoms with Gasteiger partial charge in [-0.25, -0.2) is 4.79 Å². The van der Waals surface area contributed by atoms with Crippen molar-refractivity contribution >= 4 is 30.3 Å². The summed E-state index contributed by atoms with van der Waals surface area (Å²) in [6.07, 6.45) is -0.0953. The first-order valence-electron chi connectivity index (χ1n) is 4.50. The highest BCUT2D eigenvalue weighted by atomic mass is 79.9. The fourth-order valence-corrected chi connectivity index (χ4v) is 1.65. The zero-order valence-corrected chi connectivity index (χ0v) is 11.2. The fraction of sp³-hybridized carbons (Fsp3) is 0.300. The zero-order valence-electron chi connectivity index (χ0n) is 8.59. The molecule has 0 spiro atoms. The molecule has 15 heavy (non-hydrogen) atoms. The maximum absolute atomic E-state index is 13.2. The Hall–Kier alpha value is -0.683. The molecule has 0 bridgehead atoms. The van der Waals surface area contributed by atoms with E-state index in [0.717, 1.165) is 4.47 Å². The maximum atomic E-state index is 13.2. The van der Waals surface area contributed by atoms with E-state index in [1.165, 1.54) is 13.1 Å². The molecule has 0 amide bonds. The van der Waals surface area contributed by atoms with Crippen LogP contribution in [0.15, 0.2) is 28.7 Å². The van der Waals surface area contributed by atoms with Crippen molar-refractivity contribution < 1.29 is 13.6 Å². The second kappa shape index (κ2) is 4.89. The Kier molecular flexibility index (Phi) is 4.04. The molecule has 0 fully saturated rings. The van der Waals surface area contributed by atoms with Crippen molar-refractivity contribution in [3.8, 4) is 0 Å². The van der Waals surface area contributed by atoms with E-state index in [4.69, 9.17) is 4.74 Å². The molecule has 5 heteroatoms. The highest BCUT2D eigenvalue weighted by Crippen LogP contribution is 2.12. The second-order valence-corrected chi connectivity index (χ2v) is 8.44. The van der Waals surface area contributed by atoms with Gasteiger partial charge in [-0.15, -0.1) is 0 Å². The van der Waals surface area contributed by atoms with Gasteiger partial charge in [0, 0.05) is 4.47 Å². The van der Waals surface area contributed by atoms with Crippen molar-refractivity contribution in [3.05, 3.63) is 34.3 Å². The fourth-order valence-electron chi connectivity index (χ4n) is 0.906. The molecule has 1 aromatic carbocycles. The van der Waals surface area contributed by atoms with Crippen LogP contribution in [-0.2, 0) is 4.74 Å². The van der Waals surface area contributed by atoms with E-state index >= 15 is 0 Å². The van der Waals surface area contributed by atoms with Gasteiger partial charge < -0.3 is 8.84 Å². The number of carbonyl (C=O) groups is 1. The third-order valence-corrected chi connectivity index (χ3v) is 2.99. The molecule has 0 aliphatic heterocycles. The molecule has 0 unspecified atom stereocenters. The van der Waals surface area contributed by atoms with E-state index in [1.54, 1.807) is 24.3 Å². The quantitative estimate of drug-likeness (QED) is 0.485. The molecule has 0 atom stereocenters. The van der Waals surface area contributed by atoms with Gasteiger partial charge in [-0.2, -0.15) is 0 Å². The van der Waals surface area contributed by atoms with E-state index in [-0.39, 0.29) is 6.23 Å². The first-order chi connectivity index (χ1) is 6.88. The van der Waals surface area contributed by atoms with E-state index in [2.05, 4.69) is 15.9 Å². The van der Waals surface area contributed by atoms with Gasteiger partial charge in [0.15, 0.2) is 0 Å².